The van der Waals surface area contributed by atoms with Gasteiger partial charge in [0.25, 0.3) is 0 Å². The second-order valence-electron chi connectivity index (χ2n) is 7.28. The first-order valence-electron chi connectivity index (χ1n) is 9.52. The van der Waals surface area contributed by atoms with Crippen LogP contribution in [-0.4, -0.2) is 41.2 Å². The minimum absolute atomic E-state index is 0.00103. The molecule has 1 saturated heterocycles. The minimum Gasteiger partial charge on any atom is -0.370 e. The van der Waals surface area contributed by atoms with Crippen LogP contribution in [0.15, 0.2) is 53.1 Å². The van der Waals surface area contributed by atoms with E-state index < -0.39 is 15.1 Å². The van der Waals surface area contributed by atoms with E-state index in [1.165, 1.54) is 0 Å². The van der Waals surface area contributed by atoms with Crippen LogP contribution in [0.3, 0.4) is 0 Å². The summed E-state index contributed by atoms with van der Waals surface area (Å²) in [6.45, 7) is 0.701. The highest BCUT2D eigenvalue weighted by atomic mass is 32.2. The highest BCUT2D eigenvalue weighted by Gasteiger charge is 2.31. The Bertz CT molecular complexity index is 1060. The number of allylic oxidation sites excluding steroid dienone is 3. The summed E-state index contributed by atoms with van der Waals surface area (Å²) in [5.41, 5.74) is 7.09. The van der Waals surface area contributed by atoms with Gasteiger partial charge in [0.1, 0.15) is 6.04 Å². The fourth-order valence-electron chi connectivity index (χ4n) is 3.71. The Hall–Kier alpha value is -2.94. The zero-order valence-electron chi connectivity index (χ0n) is 15.9. The molecule has 2 atom stereocenters. The molecule has 1 unspecified atom stereocenters. The average molecular weight is 414 g/mol. The lowest BCUT2D eigenvalue weighted by molar-refractivity contribution is 0.283. The Morgan fingerprint density at radius 3 is 2.76 bits per heavy atom. The lowest BCUT2D eigenvalue weighted by Crippen LogP contribution is -2.35. The molecule has 3 N–H and O–H groups in total. The van der Waals surface area contributed by atoms with E-state index in [1.807, 2.05) is 12.2 Å². The van der Waals surface area contributed by atoms with E-state index in [1.54, 1.807) is 41.3 Å². The zero-order valence-corrected chi connectivity index (χ0v) is 16.7. The molecular weight excluding hydrogens is 390 g/mol. The van der Waals surface area contributed by atoms with Crippen LogP contribution in [-0.2, 0) is 15.6 Å². The number of nitrogens with two attached hydrogens (primary N) is 1. The monoisotopic (exact) mass is 413 g/mol. The largest absolute Gasteiger partial charge is 0.370 e. The Morgan fingerprint density at radius 1 is 1.28 bits per heavy atom. The van der Waals surface area contributed by atoms with Crippen molar-refractivity contribution in [1.29, 1.82) is 5.41 Å². The van der Waals surface area contributed by atoms with Crippen molar-refractivity contribution in [3.8, 4) is 11.4 Å². The molecule has 0 amide bonds. The maximum Gasteiger partial charge on any atom is 0.249 e. The predicted molar refractivity (Wildman–Crippen MR) is 110 cm³/mol. The number of hydrogen-bond acceptors (Lipinski definition) is 6. The lowest BCUT2D eigenvalue weighted by Gasteiger charge is -2.21. The van der Waals surface area contributed by atoms with Gasteiger partial charge < -0.3 is 15.2 Å². The standard InChI is InChI=1S/C20H23N5O3S/c21-20(22)25-12-4-7-17(25)19-23-18(24-28-19)15-10-8-14(9-11-15)13-29(26,27)16-5-2-1-3-6-16/h1-3,5,8-11,16-17H,4,6-7,12-13H2,(H3,21,22)/t16?,17-/m0/s1. The molecule has 2 heterocycles. The number of nitrogens with one attached hydrogen (secondary N) is 1. The molecule has 8 nitrogen and oxygen atoms in total. The second kappa shape index (κ2) is 7.82. The Morgan fingerprint density at radius 2 is 2.07 bits per heavy atom. The lowest BCUT2D eigenvalue weighted by atomic mass is 10.1. The first-order chi connectivity index (χ1) is 13.9. The molecule has 1 aromatic heterocycles. The van der Waals surface area contributed by atoms with Gasteiger partial charge in [-0.2, -0.15) is 4.98 Å². The van der Waals surface area contributed by atoms with Crippen molar-refractivity contribution in [3.05, 3.63) is 60.0 Å². The van der Waals surface area contributed by atoms with Crippen LogP contribution in [0.25, 0.3) is 11.4 Å². The van der Waals surface area contributed by atoms with Gasteiger partial charge in [-0.25, -0.2) is 8.42 Å². The molecule has 152 valence electrons. The van der Waals surface area contributed by atoms with Gasteiger partial charge in [-0.3, -0.25) is 5.41 Å². The maximum absolute atomic E-state index is 12.6. The van der Waals surface area contributed by atoms with Gasteiger partial charge in [-0.15, -0.1) is 0 Å². The number of hydrogen-bond donors (Lipinski definition) is 2. The number of rotatable bonds is 5. The van der Waals surface area contributed by atoms with Crippen LogP contribution in [0.4, 0.5) is 0 Å². The molecule has 1 aliphatic heterocycles. The molecule has 0 saturated carbocycles. The average Bonchev–Trinajstić information content (AvgIpc) is 3.38. The van der Waals surface area contributed by atoms with E-state index in [0.717, 1.165) is 24.0 Å². The number of likely N-dealkylation sites (tertiary alicyclic amines) is 1. The molecular formula is C20H23N5O3S. The smallest absolute Gasteiger partial charge is 0.249 e. The summed E-state index contributed by atoms with van der Waals surface area (Å²) in [7, 11) is -3.26. The first kappa shape index (κ1) is 19.4. The van der Waals surface area contributed by atoms with Crippen LogP contribution in [0.1, 0.15) is 36.8 Å². The van der Waals surface area contributed by atoms with Crippen molar-refractivity contribution in [1.82, 2.24) is 15.0 Å². The van der Waals surface area contributed by atoms with Crippen molar-refractivity contribution in [2.45, 2.75) is 36.3 Å². The Labute approximate surface area is 169 Å². The van der Waals surface area contributed by atoms with Crippen molar-refractivity contribution < 1.29 is 12.9 Å². The van der Waals surface area contributed by atoms with Crippen molar-refractivity contribution in [3.63, 3.8) is 0 Å². The van der Waals surface area contributed by atoms with E-state index in [9.17, 15) is 8.42 Å². The number of benzene rings is 1. The molecule has 0 spiro atoms. The van der Waals surface area contributed by atoms with Gasteiger partial charge >= 0.3 is 0 Å². The van der Waals surface area contributed by atoms with Gasteiger partial charge in [0.15, 0.2) is 15.8 Å². The summed E-state index contributed by atoms with van der Waals surface area (Å²) >= 11 is 0. The van der Waals surface area contributed by atoms with Gasteiger partial charge in [0.05, 0.1) is 11.0 Å². The number of guanidine groups is 1. The quantitative estimate of drug-likeness (QED) is 0.570. The van der Waals surface area contributed by atoms with Gasteiger partial charge in [0, 0.05) is 12.1 Å². The number of nitrogens with zero attached hydrogens (tertiary/aromatic N) is 3. The summed E-state index contributed by atoms with van der Waals surface area (Å²) in [4.78, 5) is 6.22. The van der Waals surface area contributed by atoms with Crippen LogP contribution in [0.5, 0.6) is 0 Å². The summed E-state index contributed by atoms with van der Waals surface area (Å²) in [5, 5.41) is 11.2. The molecule has 1 aromatic carbocycles. The molecule has 9 heteroatoms. The second-order valence-corrected chi connectivity index (χ2v) is 9.50. The number of sulfone groups is 1. The summed E-state index contributed by atoms with van der Waals surface area (Å²) in [6.07, 6.45) is 9.48. The Kier molecular flexibility index (Phi) is 5.23. The van der Waals surface area contributed by atoms with E-state index in [2.05, 4.69) is 10.1 Å². The van der Waals surface area contributed by atoms with Crippen molar-refractivity contribution >= 4 is 15.8 Å². The molecule has 2 aromatic rings. The third-order valence-electron chi connectivity index (χ3n) is 5.27. The van der Waals surface area contributed by atoms with E-state index >= 15 is 0 Å². The van der Waals surface area contributed by atoms with Crippen LogP contribution >= 0.6 is 0 Å². The first-order valence-corrected chi connectivity index (χ1v) is 11.2. The maximum atomic E-state index is 12.6. The topological polar surface area (TPSA) is 126 Å². The SMILES string of the molecule is N=C(N)N1CCC[C@H]1c1nc(-c2ccc(CS(=O)(=O)C3C=CC=CC3)cc2)no1. The molecule has 0 bridgehead atoms. The molecule has 4 rings (SSSR count). The Balaban J connectivity index is 1.47. The summed E-state index contributed by atoms with van der Waals surface area (Å²) < 4.78 is 30.6. The van der Waals surface area contributed by atoms with Crippen molar-refractivity contribution in [2.75, 3.05) is 6.54 Å². The van der Waals surface area contributed by atoms with Crippen LogP contribution < -0.4 is 5.73 Å². The number of aromatic nitrogens is 2. The third kappa shape index (κ3) is 4.09. The third-order valence-corrected chi connectivity index (χ3v) is 7.28. The fourth-order valence-corrected chi connectivity index (χ4v) is 5.32. The van der Waals surface area contributed by atoms with Gasteiger partial charge in [-0.05, 0) is 24.8 Å². The minimum atomic E-state index is -3.26. The van der Waals surface area contributed by atoms with E-state index in [0.29, 0.717) is 24.7 Å². The van der Waals surface area contributed by atoms with Crippen molar-refractivity contribution in [2.24, 2.45) is 5.73 Å². The highest BCUT2D eigenvalue weighted by molar-refractivity contribution is 7.91. The fraction of sp³-hybridized carbons (Fsp3) is 0.350. The van der Waals surface area contributed by atoms with Gasteiger partial charge in [0.2, 0.25) is 11.7 Å². The molecule has 0 radical (unpaired) electrons. The van der Waals surface area contributed by atoms with E-state index in [4.69, 9.17) is 15.7 Å². The van der Waals surface area contributed by atoms with Gasteiger partial charge in [-0.1, -0.05) is 53.7 Å². The normalized spacial score (nSPS) is 21.6. The predicted octanol–water partition coefficient (Wildman–Crippen LogP) is 2.57. The molecule has 29 heavy (non-hydrogen) atoms. The molecule has 2 aliphatic rings. The summed E-state index contributed by atoms with van der Waals surface area (Å²) in [5.74, 6) is 0.867. The zero-order chi connectivity index (χ0) is 20.4. The summed E-state index contributed by atoms with van der Waals surface area (Å²) in [6, 6.07) is 6.99. The van der Waals surface area contributed by atoms with E-state index in [-0.39, 0.29) is 17.8 Å². The highest BCUT2D eigenvalue weighted by Crippen LogP contribution is 2.31. The van der Waals surface area contributed by atoms with Crippen LogP contribution in [0.2, 0.25) is 0 Å². The molecule has 1 aliphatic carbocycles. The molecule has 1 fully saturated rings. The van der Waals surface area contributed by atoms with Crippen LogP contribution in [0, 0.1) is 5.41 Å².